The van der Waals surface area contributed by atoms with Crippen molar-refractivity contribution in [1.82, 2.24) is 0 Å². The lowest BCUT2D eigenvalue weighted by molar-refractivity contribution is -0.0873. The van der Waals surface area contributed by atoms with E-state index in [1.165, 1.54) is 12.8 Å². The summed E-state index contributed by atoms with van der Waals surface area (Å²) in [6.07, 6.45) is 5.61. The number of ether oxygens (including phenoxy) is 3. The fourth-order valence-electron chi connectivity index (χ4n) is 6.13. The molecule has 0 bridgehead atoms. The molecule has 4 atom stereocenters. The van der Waals surface area contributed by atoms with Crippen molar-refractivity contribution in [2.45, 2.75) is 52.9 Å². The Morgan fingerprint density at radius 3 is 2.21 bits per heavy atom. The van der Waals surface area contributed by atoms with Gasteiger partial charge in [0.1, 0.15) is 11.5 Å². The third-order valence-corrected chi connectivity index (χ3v) is 7.56. The number of carbonyl (C=O) groups excluding carboxylic acids is 1. The van der Waals surface area contributed by atoms with Crippen LogP contribution in [0.25, 0.3) is 0 Å². The summed E-state index contributed by atoms with van der Waals surface area (Å²) in [5.74, 6) is 2.52. The third kappa shape index (κ3) is 3.80. The Morgan fingerprint density at radius 2 is 1.64 bits per heavy atom. The number of ketones is 1. The second-order valence-electron chi connectivity index (χ2n) is 9.71. The Balaban J connectivity index is 2.01. The van der Waals surface area contributed by atoms with E-state index >= 15 is 0 Å². The van der Waals surface area contributed by atoms with E-state index in [1.807, 2.05) is 18.2 Å². The molecule has 0 spiro atoms. The Bertz CT molecular complexity index is 688. The molecule has 0 heterocycles. The van der Waals surface area contributed by atoms with E-state index in [1.54, 1.807) is 21.3 Å². The van der Waals surface area contributed by atoms with E-state index < -0.39 is 0 Å². The van der Waals surface area contributed by atoms with Crippen molar-refractivity contribution in [1.29, 1.82) is 0 Å². The highest BCUT2D eigenvalue weighted by molar-refractivity contribution is 5.99. The van der Waals surface area contributed by atoms with Crippen molar-refractivity contribution in [3.63, 3.8) is 0 Å². The summed E-state index contributed by atoms with van der Waals surface area (Å²) in [5.41, 5.74) is 0.978. The molecule has 4 nitrogen and oxygen atoms in total. The van der Waals surface area contributed by atoms with Crippen LogP contribution in [0.2, 0.25) is 0 Å². The van der Waals surface area contributed by atoms with Gasteiger partial charge in [-0.3, -0.25) is 4.79 Å². The van der Waals surface area contributed by atoms with Crippen LogP contribution in [-0.4, -0.2) is 33.7 Å². The van der Waals surface area contributed by atoms with Crippen LogP contribution in [0.4, 0.5) is 0 Å². The summed E-state index contributed by atoms with van der Waals surface area (Å²) in [5, 5.41) is 0. The lowest BCUT2D eigenvalue weighted by atomic mass is 9.46. The molecule has 0 amide bonds. The lowest BCUT2D eigenvalue weighted by Gasteiger charge is -2.58. The van der Waals surface area contributed by atoms with Crippen molar-refractivity contribution in [2.75, 3.05) is 27.9 Å². The lowest BCUT2D eigenvalue weighted by Crippen LogP contribution is -2.53. The highest BCUT2D eigenvalue weighted by Crippen LogP contribution is 2.61. The van der Waals surface area contributed by atoms with E-state index in [2.05, 4.69) is 20.8 Å². The van der Waals surface area contributed by atoms with Crippen LogP contribution < -0.4 is 9.47 Å². The molecule has 1 aromatic carbocycles. The van der Waals surface area contributed by atoms with Gasteiger partial charge in [-0.2, -0.15) is 0 Å². The minimum absolute atomic E-state index is 0.00258. The molecule has 0 radical (unpaired) electrons. The predicted molar refractivity (Wildman–Crippen MR) is 111 cm³/mol. The summed E-state index contributed by atoms with van der Waals surface area (Å²) in [7, 11) is 5.02. The van der Waals surface area contributed by atoms with E-state index in [9.17, 15) is 4.79 Å². The number of fused-ring (bicyclic) bond motifs is 1. The van der Waals surface area contributed by atoms with Gasteiger partial charge in [-0.05, 0) is 60.5 Å². The smallest absolute Gasteiger partial charge is 0.166 e. The van der Waals surface area contributed by atoms with Gasteiger partial charge in [0, 0.05) is 31.3 Å². The molecule has 2 fully saturated rings. The molecule has 0 saturated heterocycles. The first-order chi connectivity index (χ1) is 13.2. The maximum atomic E-state index is 13.8. The number of rotatable bonds is 6. The Hall–Kier alpha value is -1.55. The van der Waals surface area contributed by atoms with Gasteiger partial charge >= 0.3 is 0 Å². The Morgan fingerprint density at radius 1 is 1.00 bits per heavy atom. The maximum absolute atomic E-state index is 13.8. The van der Waals surface area contributed by atoms with Gasteiger partial charge < -0.3 is 14.2 Å². The predicted octanol–water partition coefficient (Wildman–Crippen LogP) is 5.39. The van der Waals surface area contributed by atoms with Crippen LogP contribution >= 0.6 is 0 Å². The van der Waals surface area contributed by atoms with Crippen LogP contribution in [0.3, 0.4) is 0 Å². The molecule has 0 aromatic heterocycles. The first kappa shape index (κ1) is 21.2. The molecule has 2 aliphatic rings. The average Bonchev–Trinajstić information content (AvgIpc) is 2.67. The molecular weight excluding hydrogens is 352 g/mol. The largest absolute Gasteiger partial charge is 0.497 e. The minimum Gasteiger partial charge on any atom is -0.497 e. The number of hydrogen-bond acceptors (Lipinski definition) is 4. The van der Waals surface area contributed by atoms with Crippen LogP contribution in [-0.2, 0) is 4.74 Å². The van der Waals surface area contributed by atoms with Gasteiger partial charge in [0.05, 0.1) is 14.2 Å². The fourth-order valence-corrected chi connectivity index (χ4v) is 6.13. The molecule has 28 heavy (non-hydrogen) atoms. The van der Waals surface area contributed by atoms with Crippen molar-refractivity contribution >= 4 is 5.78 Å². The highest BCUT2D eigenvalue weighted by atomic mass is 16.5. The SMILES string of the molecule is COCC1CC(C(=O)c2cc(OC)cc(OC)c2)C2(C)CCCC(C)(C)C2C1. The minimum atomic E-state index is 0.00258. The summed E-state index contributed by atoms with van der Waals surface area (Å²) in [4.78, 5) is 13.8. The zero-order valence-electron chi connectivity index (χ0n) is 18.3. The topological polar surface area (TPSA) is 44.8 Å². The molecule has 1 aromatic rings. The van der Waals surface area contributed by atoms with Gasteiger partial charge in [0.25, 0.3) is 0 Å². The van der Waals surface area contributed by atoms with Crippen LogP contribution in [0, 0.1) is 28.6 Å². The third-order valence-electron chi connectivity index (χ3n) is 7.56. The molecule has 2 saturated carbocycles. The van der Waals surface area contributed by atoms with E-state index in [-0.39, 0.29) is 22.5 Å². The molecule has 3 rings (SSSR count). The Kier molecular flexibility index (Phi) is 6.09. The number of hydrogen-bond donors (Lipinski definition) is 0. The molecule has 0 aliphatic heterocycles. The highest BCUT2D eigenvalue weighted by Gasteiger charge is 2.55. The first-order valence-corrected chi connectivity index (χ1v) is 10.5. The van der Waals surface area contributed by atoms with E-state index in [4.69, 9.17) is 14.2 Å². The summed E-state index contributed by atoms with van der Waals surface area (Å²) in [6.45, 7) is 7.87. The summed E-state index contributed by atoms with van der Waals surface area (Å²) >= 11 is 0. The normalized spacial score (nSPS) is 31.7. The summed E-state index contributed by atoms with van der Waals surface area (Å²) < 4.78 is 16.3. The quantitative estimate of drug-likeness (QED) is 0.613. The van der Waals surface area contributed by atoms with Gasteiger partial charge in [-0.25, -0.2) is 0 Å². The zero-order valence-corrected chi connectivity index (χ0v) is 18.3. The van der Waals surface area contributed by atoms with E-state index in [0.29, 0.717) is 28.9 Å². The van der Waals surface area contributed by atoms with Crippen molar-refractivity contribution in [2.24, 2.45) is 28.6 Å². The molecule has 0 N–H and O–H groups in total. The zero-order chi connectivity index (χ0) is 20.5. The number of benzene rings is 1. The number of methoxy groups -OCH3 is 3. The molecule has 156 valence electrons. The van der Waals surface area contributed by atoms with Crippen molar-refractivity contribution in [3.05, 3.63) is 23.8 Å². The van der Waals surface area contributed by atoms with Gasteiger partial charge in [0.15, 0.2) is 5.78 Å². The monoisotopic (exact) mass is 388 g/mol. The van der Waals surface area contributed by atoms with Gasteiger partial charge in [0.2, 0.25) is 0 Å². The average molecular weight is 389 g/mol. The Labute approximate surface area is 169 Å². The standard InChI is InChI=1S/C24H36O4/c1-23(2)8-7-9-24(3)20(10-16(15-26-4)11-21(23)24)22(25)17-12-18(27-5)14-19(13-17)28-6/h12-14,16,20-21H,7-11,15H2,1-6H3. The second-order valence-corrected chi connectivity index (χ2v) is 9.71. The van der Waals surface area contributed by atoms with Gasteiger partial charge in [-0.15, -0.1) is 0 Å². The molecule has 4 unspecified atom stereocenters. The fraction of sp³-hybridized carbons (Fsp3) is 0.708. The van der Waals surface area contributed by atoms with Crippen molar-refractivity contribution in [3.8, 4) is 11.5 Å². The second kappa shape index (κ2) is 8.06. The summed E-state index contributed by atoms with van der Waals surface area (Å²) in [6, 6.07) is 5.54. The molecular formula is C24H36O4. The number of Topliss-reactive ketones (excluding diaryl/α,β-unsaturated/α-hetero) is 1. The van der Waals surface area contributed by atoms with Crippen LogP contribution in [0.15, 0.2) is 18.2 Å². The first-order valence-electron chi connectivity index (χ1n) is 10.5. The van der Waals surface area contributed by atoms with Crippen molar-refractivity contribution < 1.29 is 19.0 Å². The molecule has 2 aliphatic carbocycles. The van der Waals surface area contributed by atoms with Crippen LogP contribution in [0.5, 0.6) is 11.5 Å². The van der Waals surface area contributed by atoms with E-state index in [0.717, 1.165) is 25.9 Å². The molecule has 4 heteroatoms. The van der Waals surface area contributed by atoms with Gasteiger partial charge in [-0.1, -0.05) is 27.2 Å². The maximum Gasteiger partial charge on any atom is 0.166 e. The number of carbonyl (C=O) groups is 1. The van der Waals surface area contributed by atoms with Crippen LogP contribution in [0.1, 0.15) is 63.2 Å².